The summed E-state index contributed by atoms with van der Waals surface area (Å²) in [7, 11) is 0. The summed E-state index contributed by atoms with van der Waals surface area (Å²) >= 11 is 0. The van der Waals surface area contributed by atoms with Gasteiger partial charge in [0.05, 0.1) is 11.5 Å². The smallest absolute Gasteiger partial charge is 0.273 e. The molecule has 1 fully saturated rings. The van der Waals surface area contributed by atoms with Gasteiger partial charge in [-0.1, -0.05) is 6.92 Å². The van der Waals surface area contributed by atoms with Crippen molar-refractivity contribution in [3.8, 4) is 0 Å². The number of hydrogen-bond acceptors (Lipinski definition) is 5. The van der Waals surface area contributed by atoms with Crippen molar-refractivity contribution in [2.45, 2.75) is 32.2 Å². The molecule has 0 heterocycles. The first-order valence-electron chi connectivity index (χ1n) is 7.06. The highest BCUT2D eigenvalue weighted by Gasteiger charge is 2.29. The Morgan fingerprint density at radius 2 is 2.20 bits per heavy atom. The van der Waals surface area contributed by atoms with Crippen molar-refractivity contribution >= 4 is 17.1 Å². The minimum Gasteiger partial charge on any atom is -0.395 e. The lowest BCUT2D eigenvalue weighted by molar-refractivity contribution is -0.384. The predicted molar refractivity (Wildman–Crippen MR) is 79.3 cm³/mol. The van der Waals surface area contributed by atoms with Crippen molar-refractivity contribution in [3.63, 3.8) is 0 Å². The van der Waals surface area contributed by atoms with Crippen LogP contribution in [0.25, 0.3) is 0 Å². The Morgan fingerprint density at radius 1 is 1.45 bits per heavy atom. The molecule has 0 aromatic heterocycles. The Morgan fingerprint density at radius 3 is 2.75 bits per heavy atom. The molecule has 1 aliphatic carbocycles. The Bertz CT molecular complexity index is 475. The van der Waals surface area contributed by atoms with Crippen LogP contribution in [-0.2, 0) is 0 Å². The second-order valence-corrected chi connectivity index (χ2v) is 5.07. The first-order chi connectivity index (χ1) is 9.65. The third-order valence-electron chi connectivity index (χ3n) is 3.35. The maximum Gasteiger partial charge on any atom is 0.273 e. The van der Waals surface area contributed by atoms with Crippen molar-refractivity contribution < 1.29 is 10.0 Å². The van der Waals surface area contributed by atoms with Crippen LogP contribution in [0.3, 0.4) is 0 Å². The van der Waals surface area contributed by atoms with Gasteiger partial charge in [0, 0.05) is 42.6 Å². The Labute approximate surface area is 118 Å². The van der Waals surface area contributed by atoms with Crippen molar-refractivity contribution in [1.29, 1.82) is 0 Å². The van der Waals surface area contributed by atoms with E-state index in [0.29, 0.717) is 12.6 Å². The van der Waals surface area contributed by atoms with Gasteiger partial charge in [0.25, 0.3) is 5.69 Å². The van der Waals surface area contributed by atoms with Gasteiger partial charge in [-0.05, 0) is 25.3 Å². The number of hydrogen-bond donors (Lipinski definition) is 2. The number of nitrogens with one attached hydrogen (secondary N) is 1. The van der Waals surface area contributed by atoms with E-state index in [1.807, 2.05) is 13.0 Å². The van der Waals surface area contributed by atoms with Crippen LogP contribution in [0, 0.1) is 10.1 Å². The van der Waals surface area contributed by atoms with Gasteiger partial charge in [-0.3, -0.25) is 10.1 Å². The van der Waals surface area contributed by atoms with Gasteiger partial charge in [0.1, 0.15) is 0 Å². The summed E-state index contributed by atoms with van der Waals surface area (Å²) in [5.74, 6) is 0. The van der Waals surface area contributed by atoms with E-state index in [2.05, 4.69) is 10.2 Å². The van der Waals surface area contributed by atoms with Gasteiger partial charge in [0.15, 0.2) is 0 Å². The number of anilines is 2. The molecule has 1 aromatic carbocycles. The fourth-order valence-corrected chi connectivity index (χ4v) is 2.25. The summed E-state index contributed by atoms with van der Waals surface area (Å²) in [6.07, 6.45) is 3.13. The molecular formula is C14H21N3O3. The molecule has 0 unspecified atom stereocenters. The van der Waals surface area contributed by atoms with E-state index in [4.69, 9.17) is 0 Å². The monoisotopic (exact) mass is 279 g/mol. The Kier molecular flexibility index (Phi) is 4.79. The predicted octanol–water partition coefficient (Wildman–Crippen LogP) is 2.38. The normalized spacial score (nSPS) is 14.1. The molecular weight excluding hydrogens is 258 g/mol. The van der Waals surface area contributed by atoms with E-state index in [-0.39, 0.29) is 17.2 Å². The van der Waals surface area contributed by atoms with Crippen molar-refractivity contribution in [2.75, 3.05) is 29.9 Å². The van der Waals surface area contributed by atoms with Crippen LogP contribution in [-0.4, -0.2) is 35.8 Å². The zero-order valence-corrected chi connectivity index (χ0v) is 11.7. The van der Waals surface area contributed by atoms with Gasteiger partial charge >= 0.3 is 0 Å². The van der Waals surface area contributed by atoms with E-state index in [1.54, 1.807) is 12.1 Å². The number of benzene rings is 1. The molecule has 6 nitrogen and oxygen atoms in total. The number of aliphatic hydroxyl groups is 1. The number of non-ortho nitro benzene ring substituents is 1. The summed E-state index contributed by atoms with van der Waals surface area (Å²) in [4.78, 5) is 12.7. The van der Waals surface area contributed by atoms with E-state index in [1.165, 1.54) is 0 Å². The van der Waals surface area contributed by atoms with Crippen molar-refractivity contribution in [2.24, 2.45) is 0 Å². The molecule has 0 bridgehead atoms. The molecule has 110 valence electrons. The average Bonchev–Trinajstić information content (AvgIpc) is 3.26. The van der Waals surface area contributed by atoms with Gasteiger partial charge in [-0.2, -0.15) is 0 Å². The summed E-state index contributed by atoms with van der Waals surface area (Å²) in [6.45, 7) is 3.40. The molecule has 20 heavy (non-hydrogen) atoms. The first kappa shape index (κ1) is 14.6. The lowest BCUT2D eigenvalue weighted by atomic mass is 10.2. The molecule has 0 saturated heterocycles. The SMILES string of the molecule is CCCNc1cc(N(CCO)C2CC2)cc([N+](=O)[O-])c1. The zero-order chi connectivity index (χ0) is 14.5. The molecule has 1 aliphatic rings. The maximum atomic E-state index is 11.1. The second-order valence-electron chi connectivity index (χ2n) is 5.07. The number of nitrogens with zero attached hydrogens (tertiary/aromatic N) is 2. The molecule has 0 aliphatic heterocycles. The zero-order valence-electron chi connectivity index (χ0n) is 11.7. The number of aliphatic hydroxyl groups excluding tert-OH is 1. The van der Waals surface area contributed by atoms with Crippen LogP contribution in [0.4, 0.5) is 17.1 Å². The Hall–Kier alpha value is -1.82. The molecule has 2 N–H and O–H groups in total. The third-order valence-corrected chi connectivity index (χ3v) is 3.35. The summed E-state index contributed by atoms with van der Waals surface area (Å²) < 4.78 is 0. The summed E-state index contributed by atoms with van der Waals surface area (Å²) in [5, 5.41) is 23.4. The molecule has 0 spiro atoms. The maximum absolute atomic E-state index is 11.1. The molecule has 0 atom stereocenters. The molecule has 0 amide bonds. The minimum atomic E-state index is -0.370. The van der Waals surface area contributed by atoms with Crippen LogP contribution >= 0.6 is 0 Å². The largest absolute Gasteiger partial charge is 0.395 e. The molecule has 2 rings (SSSR count). The lowest BCUT2D eigenvalue weighted by Crippen LogP contribution is -2.29. The van der Waals surface area contributed by atoms with Crippen LogP contribution in [0.5, 0.6) is 0 Å². The number of rotatable bonds is 8. The van der Waals surface area contributed by atoms with Gasteiger partial charge in [0.2, 0.25) is 0 Å². The molecule has 0 radical (unpaired) electrons. The molecule has 1 saturated carbocycles. The van der Waals surface area contributed by atoms with Gasteiger partial charge in [-0.15, -0.1) is 0 Å². The number of nitro groups is 1. The number of nitro benzene ring substituents is 1. The van der Waals surface area contributed by atoms with Gasteiger partial charge in [-0.25, -0.2) is 0 Å². The van der Waals surface area contributed by atoms with Crippen molar-refractivity contribution in [1.82, 2.24) is 0 Å². The topological polar surface area (TPSA) is 78.6 Å². The minimum absolute atomic E-state index is 0.0525. The van der Waals surface area contributed by atoms with Crippen LogP contribution in [0.15, 0.2) is 18.2 Å². The van der Waals surface area contributed by atoms with E-state index in [0.717, 1.165) is 37.2 Å². The quantitative estimate of drug-likeness (QED) is 0.564. The molecule has 1 aromatic rings. The van der Waals surface area contributed by atoms with Gasteiger partial charge < -0.3 is 15.3 Å². The highest BCUT2D eigenvalue weighted by atomic mass is 16.6. The van der Waals surface area contributed by atoms with E-state index < -0.39 is 0 Å². The lowest BCUT2D eigenvalue weighted by Gasteiger charge is -2.24. The van der Waals surface area contributed by atoms with Crippen LogP contribution < -0.4 is 10.2 Å². The highest BCUT2D eigenvalue weighted by molar-refractivity contribution is 5.65. The third kappa shape index (κ3) is 3.60. The summed E-state index contributed by atoms with van der Waals surface area (Å²) in [6, 6.07) is 5.48. The van der Waals surface area contributed by atoms with Crippen LogP contribution in [0.1, 0.15) is 26.2 Å². The van der Waals surface area contributed by atoms with Crippen molar-refractivity contribution in [3.05, 3.63) is 28.3 Å². The highest BCUT2D eigenvalue weighted by Crippen LogP contribution is 2.34. The Balaban J connectivity index is 2.29. The fraction of sp³-hybridized carbons (Fsp3) is 0.571. The average molecular weight is 279 g/mol. The first-order valence-corrected chi connectivity index (χ1v) is 7.06. The standard InChI is InChI=1S/C14H21N3O3/c1-2-5-15-11-8-13(10-14(9-11)17(19)20)16(6-7-18)12-3-4-12/h8-10,12,15,18H,2-7H2,1H3. The second kappa shape index (κ2) is 6.56. The van der Waals surface area contributed by atoms with Crippen LogP contribution in [0.2, 0.25) is 0 Å². The van der Waals surface area contributed by atoms with E-state index >= 15 is 0 Å². The fourth-order valence-electron chi connectivity index (χ4n) is 2.25. The summed E-state index contributed by atoms with van der Waals surface area (Å²) in [5.41, 5.74) is 1.67. The van der Waals surface area contributed by atoms with E-state index in [9.17, 15) is 15.2 Å². The molecule has 6 heteroatoms.